The van der Waals surface area contributed by atoms with Gasteiger partial charge >= 0.3 is 0 Å². The zero-order chi connectivity index (χ0) is 11.5. The van der Waals surface area contributed by atoms with Crippen molar-refractivity contribution in [3.05, 3.63) is 30.2 Å². The van der Waals surface area contributed by atoms with E-state index in [9.17, 15) is 0 Å². The molecule has 80 valence electrons. The molecule has 0 aliphatic rings. The molecule has 0 saturated heterocycles. The fourth-order valence-corrected chi connectivity index (χ4v) is 1.18. The van der Waals surface area contributed by atoms with Crippen LogP contribution in [0, 0.1) is 11.3 Å². The first kappa shape index (κ1) is 9.98. The highest BCUT2D eigenvalue weighted by molar-refractivity contribution is 5.53. The van der Waals surface area contributed by atoms with E-state index < -0.39 is 0 Å². The molecule has 2 heterocycles. The maximum Gasteiger partial charge on any atom is 0.242 e. The highest BCUT2D eigenvalue weighted by Crippen LogP contribution is 2.24. The van der Waals surface area contributed by atoms with Crippen LogP contribution in [0.25, 0.3) is 0 Å². The van der Waals surface area contributed by atoms with Crippen LogP contribution in [0.15, 0.2) is 24.7 Å². The first-order chi connectivity index (χ1) is 7.69. The number of nitrogens with zero attached hydrogens (tertiary/aromatic N) is 4. The normalized spacial score (nSPS) is 9.75. The molecule has 0 fully saturated rings. The average Bonchev–Trinajstić information content (AvgIpc) is 2.67. The van der Waals surface area contributed by atoms with Crippen molar-refractivity contribution in [3.63, 3.8) is 0 Å². The van der Waals surface area contributed by atoms with Crippen molar-refractivity contribution < 1.29 is 4.74 Å². The fraction of sp³-hybridized carbons (Fsp3) is 0.100. The Morgan fingerprint density at radius 1 is 1.50 bits per heavy atom. The van der Waals surface area contributed by atoms with Gasteiger partial charge in [-0.1, -0.05) is 0 Å². The Hall–Kier alpha value is -2.55. The number of nitrogen functional groups attached to an aromatic ring is 1. The van der Waals surface area contributed by atoms with Gasteiger partial charge in [0.15, 0.2) is 5.75 Å². The monoisotopic (exact) mass is 215 g/mol. The van der Waals surface area contributed by atoms with E-state index in [-0.39, 0.29) is 5.88 Å². The van der Waals surface area contributed by atoms with Gasteiger partial charge in [0, 0.05) is 13.2 Å². The number of hydrogen-bond acceptors (Lipinski definition) is 5. The lowest BCUT2D eigenvalue weighted by Crippen LogP contribution is -1.95. The number of ether oxygens (including phenoxy) is 1. The number of hydrogen-bond donors (Lipinski definition) is 1. The number of nitriles is 1. The Morgan fingerprint density at radius 2 is 2.31 bits per heavy atom. The van der Waals surface area contributed by atoms with Crippen molar-refractivity contribution in [2.24, 2.45) is 7.05 Å². The van der Waals surface area contributed by atoms with E-state index in [0.29, 0.717) is 17.0 Å². The lowest BCUT2D eigenvalue weighted by molar-refractivity contribution is 0.465. The van der Waals surface area contributed by atoms with Crippen molar-refractivity contribution in [2.75, 3.05) is 5.73 Å². The number of aryl methyl sites for hydroxylation is 1. The summed E-state index contributed by atoms with van der Waals surface area (Å²) in [6.45, 7) is 0. The Morgan fingerprint density at radius 3 is 2.88 bits per heavy atom. The summed E-state index contributed by atoms with van der Waals surface area (Å²) in [6, 6.07) is 3.46. The van der Waals surface area contributed by atoms with E-state index in [1.165, 1.54) is 12.3 Å². The summed E-state index contributed by atoms with van der Waals surface area (Å²) >= 11 is 0. The molecule has 2 aromatic heterocycles. The lowest BCUT2D eigenvalue weighted by Gasteiger charge is -2.04. The Labute approximate surface area is 91.9 Å². The van der Waals surface area contributed by atoms with Gasteiger partial charge < -0.3 is 10.5 Å². The molecule has 0 saturated carbocycles. The molecule has 0 spiro atoms. The molecule has 2 aromatic rings. The molecule has 6 nitrogen and oxygen atoms in total. The zero-order valence-electron chi connectivity index (χ0n) is 8.58. The number of pyridine rings is 1. The van der Waals surface area contributed by atoms with Crippen molar-refractivity contribution in [2.45, 2.75) is 0 Å². The van der Waals surface area contributed by atoms with Crippen LogP contribution in [0.3, 0.4) is 0 Å². The van der Waals surface area contributed by atoms with E-state index in [0.717, 1.165) is 0 Å². The van der Waals surface area contributed by atoms with Crippen molar-refractivity contribution >= 4 is 5.69 Å². The van der Waals surface area contributed by atoms with Crippen LogP contribution in [0.2, 0.25) is 0 Å². The van der Waals surface area contributed by atoms with Crippen LogP contribution in [-0.2, 0) is 7.05 Å². The highest BCUT2D eigenvalue weighted by Gasteiger charge is 2.06. The summed E-state index contributed by atoms with van der Waals surface area (Å²) in [4.78, 5) is 3.95. The van der Waals surface area contributed by atoms with Crippen LogP contribution in [0.4, 0.5) is 5.69 Å². The molecule has 0 bridgehead atoms. The maximum atomic E-state index is 8.65. The second-order valence-electron chi connectivity index (χ2n) is 3.18. The molecule has 0 radical (unpaired) electrons. The van der Waals surface area contributed by atoms with Crippen LogP contribution < -0.4 is 10.5 Å². The van der Waals surface area contributed by atoms with Crippen molar-refractivity contribution in [1.82, 2.24) is 14.8 Å². The summed E-state index contributed by atoms with van der Waals surface area (Å²) in [5.74, 6) is 0.818. The number of anilines is 1. The van der Waals surface area contributed by atoms with E-state index in [1.54, 1.807) is 24.1 Å². The van der Waals surface area contributed by atoms with Gasteiger partial charge in [-0.25, -0.2) is 4.98 Å². The minimum Gasteiger partial charge on any atom is -0.434 e. The van der Waals surface area contributed by atoms with Gasteiger partial charge in [0.1, 0.15) is 6.07 Å². The Bertz CT molecular complexity index is 555. The minimum absolute atomic E-state index is 0.270. The molecule has 2 rings (SSSR count). The molecule has 16 heavy (non-hydrogen) atoms. The minimum atomic E-state index is 0.270. The predicted molar refractivity (Wildman–Crippen MR) is 56.6 cm³/mol. The molecule has 0 aliphatic heterocycles. The van der Waals surface area contributed by atoms with Crippen molar-refractivity contribution in [3.8, 4) is 17.7 Å². The van der Waals surface area contributed by atoms with Gasteiger partial charge in [-0.05, 0) is 6.07 Å². The highest BCUT2D eigenvalue weighted by atomic mass is 16.5. The van der Waals surface area contributed by atoms with E-state index in [4.69, 9.17) is 15.7 Å². The quantitative estimate of drug-likeness (QED) is 0.808. The number of nitrogens with two attached hydrogens (primary N) is 1. The topological polar surface area (TPSA) is 89.8 Å². The van der Waals surface area contributed by atoms with Crippen LogP contribution in [-0.4, -0.2) is 14.8 Å². The van der Waals surface area contributed by atoms with Gasteiger partial charge in [0.25, 0.3) is 0 Å². The molecule has 2 N–H and O–H groups in total. The van der Waals surface area contributed by atoms with Gasteiger partial charge in [-0.2, -0.15) is 10.4 Å². The first-order valence-electron chi connectivity index (χ1n) is 4.51. The van der Waals surface area contributed by atoms with Crippen LogP contribution in [0.1, 0.15) is 5.56 Å². The van der Waals surface area contributed by atoms with E-state index >= 15 is 0 Å². The predicted octanol–water partition coefficient (Wildman–Crippen LogP) is 1.06. The third-order valence-electron chi connectivity index (χ3n) is 1.90. The SMILES string of the molecule is Cn1cc(Oc2ncc(C#N)cc2N)cn1. The molecule has 0 unspecified atom stereocenters. The summed E-state index contributed by atoms with van der Waals surface area (Å²) in [6.07, 6.45) is 4.65. The fourth-order valence-electron chi connectivity index (χ4n) is 1.18. The summed E-state index contributed by atoms with van der Waals surface area (Å²) < 4.78 is 7.01. The third-order valence-corrected chi connectivity index (χ3v) is 1.90. The number of rotatable bonds is 2. The maximum absolute atomic E-state index is 8.65. The van der Waals surface area contributed by atoms with E-state index in [1.807, 2.05) is 6.07 Å². The van der Waals surface area contributed by atoms with Crippen LogP contribution in [0.5, 0.6) is 11.6 Å². The third kappa shape index (κ3) is 1.93. The van der Waals surface area contributed by atoms with E-state index in [2.05, 4.69) is 10.1 Å². The molecule has 0 atom stereocenters. The second kappa shape index (κ2) is 3.90. The average molecular weight is 215 g/mol. The summed E-state index contributed by atoms with van der Waals surface area (Å²) in [7, 11) is 1.78. The van der Waals surface area contributed by atoms with Crippen LogP contribution >= 0.6 is 0 Å². The zero-order valence-corrected chi connectivity index (χ0v) is 8.58. The molecule has 0 aliphatic carbocycles. The smallest absolute Gasteiger partial charge is 0.242 e. The van der Waals surface area contributed by atoms with Crippen molar-refractivity contribution in [1.29, 1.82) is 5.26 Å². The molecule has 0 aromatic carbocycles. The Kier molecular flexibility index (Phi) is 2.44. The molecule has 0 amide bonds. The largest absolute Gasteiger partial charge is 0.434 e. The van der Waals surface area contributed by atoms with Gasteiger partial charge in [0.2, 0.25) is 5.88 Å². The molecular formula is C10H9N5O. The molecular weight excluding hydrogens is 206 g/mol. The summed E-state index contributed by atoms with van der Waals surface area (Å²) in [5, 5.41) is 12.6. The lowest BCUT2D eigenvalue weighted by atomic mass is 10.3. The Balaban J connectivity index is 2.26. The molecule has 6 heteroatoms. The standard InChI is InChI=1S/C10H9N5O/c1-15-6-8(5-14-15)16-10-9(12)2-7(3-11)4-13-10/h2,4-6H,12H2,1H3. The second-order valence-corrected chi connectivity index (χ2v) is 3.18. The van der Waals surface area contributed by atoms with Gasteiger partial charge in [0.05, 0.1) is 23.6 Å². The number of aromatic nitrogens is 3. The van der Waals surface area contributed by atoms with Gasteiger partial charge in [-0.15, -0.1) is 0 Å². The van der Waals surface area contributed by atoms with Gasteiger partial charge in [-0.3, -0.25) is 4.68 Å². The summed E-state index contributed by atoms with van der Waals surface area (Å²) in [5.41, 5.74) is 6.41. The first-order valence-corrected chi connectivity index (χ1v) is 4.51.